The SMILES string of the molecule is C=CC1=C(C=C)NC(c2ccccc2)C1. The second kappa shape index (κ2) is 4.18. The van der Waals surface area contributed by atoms with Crippen LogP contribution in [0.15, 0.2) is 66.9 Å². The van der Waals surface area contributed by atoms with Gasteiger partial charge in [0, 0.05) is 5.70 Å². The molecule has 0 fully saturated rings. The van der Waals surface area contributed by atoms with Crippen molar-refractivity contribution in [2.24, 2.45) is 0 Å². The highest BCUT2D eigenvalue weighted by Gasteiger charge is 2.20. The van der Waals surface area contributed by atoms with Crippen LogP contribution in [0.5, 0.6) is 0 Å². The van der Waals surface area contributed by atoms with E-state index < -0.39 is 0 Å². The first-order chi connectivity index (χ1) is 7.35. The van der Waals surface area contributed by atoms with Crippen molar-refractivity contribution in [2.45, 2.75) is 12.5 Å². The maximum Gasteiger partial charge on any atom is 0.0555 e. The summed E-state index contributed by atoms with van der Waals surface area (Å²) in [5, 5.41) is 3.45. The molecule has 0 radical (unpaired) electrons. The normalized spacial score (nSPS) is 19.9. The van der Waals surface area contributed by atoms with E-state index in [1.807, 2.05) is 18.2 Å². The fourth-order valence-corrected chi connectivity index (χ4v) is 1.93. The lowest BCUT2D eigenvalue weighted by atomic mass is 10.0. The van der Waals surface area contributed by atoms with Crippen molar-refractivity contribution < 1.29 is 0 Å². The van der Waals surface area contributed by atoms with E-state index in [0.717, 1.165) is 12.1 Å². The molecule has 1 unspecified atom stereocenters. The minimum atomic E-state index is 0.368. The van der Waals surface area contributed by atoms with E-state index in [4.69, 9.17) is 0 Å². The van der Waals surface area contributed by atoms with Gasteiger partial charge in [-0.2, -0.15) is 0 Å². The molecule has 0 saturated carbocycles. The maximum atomic E-state index is 3.82. The van der Waals surface area contributed by atoms with Gasteiger partial charge in [-0.3, -0.25) is 0 Å². The molecule has 1 aromatic rings. The van der Waals surface area contributed by atoms with E-state index >= 15 is 0 Å². The largest absolute Gasteiger partial charge is 0.378 e. The zero-order valence-electron chi connectivity index (χ0n) is 8.74. The van der Waals surface area contributed by atoms with Gasteiger partial charge in [-0.05, 0) is 23.6 Å². The molecule has 0 aliphatic carbocycles. The van der Waals surface area contributed by atoms with Gasteiger partial charge in [0.15, 0.2) is 0 Å². The van der Waals surface area contributed by atoms with Crippen LogP contribution in [0.25, 0.3) is 0 Å². The lowest BCUT2D eigenvalue weighted by molar-refractivity contribution is 0.658. The highest BCUT2D eigenvalue weighted by Crippen LogP contribution is 2.30. The Morgan fingerprint density at radius 3 is 2.40 bits per heavy atom. The highest BCUT2D eigenvalue weighted by atomic mass is 14.9. The topological polar surface area (TPSA) is 12.0 Å². The summed E-state index contributed by atoms with van der Waals surface area (Å²) in [6.45, 7) is 7.62. The Morgan fingerprint density at radius 2 is 1.87 bits per heavy atom. The summed E-state index contributed by atoms with van der Waals surface area (Å²) >= 11 is 0. The minimum Gasteiger partial charge on any atom is -0.378 e. The van der Waals surface area contributed by atoms with Crippen molar-refractivity contribution in [3.63, 3.8) is 0 Å². The summed E-state index contributed by atoms with van der Waals surface area (Å²) in [5.41, 5.74) is 3.67. The Morgan fingerprint density at radius 1 is 1.13 bits per heavy atom. The molecule has 1 heteroatoms. The van der Waals surface area contributed by atoms with Crippen molar-refractivity contribution in [1.82, 2.24) is 5.32 Å². The summed E-state index contributed by atoms with van der Waals surface area (Å²) in [4.78, 5) is 0. The van der Waals surface area contributed by atoms with Crippen LogP contribution in [0.1, 0.15) is 18.0 Å². The van der Waals surface area contributed by atoms with Crippen LogP contribution in [0, 0.1) is 0 Å². The number of allylic oxidation sites excluding steroid dienone is 2. The fraction of sp³-hybridized carbons (Fsp3) is 0.143. The lowest BCUT2D eigenvalue weighted by Crippen LogP contribution is -2.13. The highest BCUT2D eigenvalue weighted by molar-refractivity contribution is 5.38. The zero-order chi connectivity index (χ0) is 10.7. The van der Waals surface area contributed by atoms with E-state index in [0.29, 0.717) is 6.04 Å². The van der Waals surface area contributed by atoms with Crippen LogP contribution in [-0.4, -0.2) is 0 Å². The molecular weight excluding hydrogens is 182 g/mol. The molecule has 1 aliphatic rings. The first kappa shape index (κ1) is 9.78. The predicted molar refractivity (Wildman–Crippen MR) is 64.4 cm³/mol. The van der Waals surface area contributed by atoms with Gasteiger partial charge in [-0.15, -0.1) is 0 Å². The smallest absolute Gasteiger partial charge is 0.0555 e. The number of hydrogen-bond acceptors (Lipinski definition) is 1. The van der Waals surface area contributed by atoms with Gasteiger partial charge in [0.1, 0.15) is 0 Å². The second-order valence-electron chi connectivity index (χ2n) is 3.66. The average molecular weight is 197 g/mol. The molecule has 1 N–H and O–H groups in total. The zero-order valence-corrected chi connectivity index (χ0v) is 8.74. The van der Waals surface area contributed by atoms with Gasteiger partial charge in [-0.1, -0.05) is 49.6 Å². The standard InChI is InChI=1S/C14H15N/c1-3-11-10-14(15-13(11)4-2)12-8-6-5-7-9-12/h3-9,14-15H,1-2,10H2. The summed E-state index contributed by atoms with van der Waals surface area (Å²) in [7, 11) is 0. The van der Waals surface area contributed by atoms with Crippen LogP contribution in [0.4, 0.5) is 0 Å². The van der Waals surface area contributed by atoms with Crippen molar-refractivity contribution >= 4 is 0 Å². The molecule has 1 aromatic carbocycles. The summed E-state index contributed by atoms with van der Waals surface area (Å²) in [6, 6.07) is 10.8. The van der Waals surface area contributed by atoms with Gasteiger partial charge < -0.3 is 5.32 Å². The van der Waals surface area contributed by atoms with Crippen LogP contribution < -0.4 is 5.32 Å². The number of hydrogen-bond donors (Lipinski definition) is 1. The molecule has 1 nitrogen and oxygen atoms in total. The third-order valence-electron chi connectivity index (χ3n) is 2.75. The third kappa shape index (κ3) is 1.86. The lowest BCUT2D eigenvalue weighted by Gasteiger charge is -2.12. The molecule has 0 spiro atoms. The first-order valence-corrected chi connectivity index (χ1v) is 5.14. The molecule has 2 rings (SSSR count). The predicted octanol–water partition coefficient (Wildman–Crippen LogP) is 3.35. The van der Waals surface area contributed by atoms with E-state index in [2.05, 4.69) is 42.7 Å². The van der Waals surface area contributed by atoms with Gasteiger partial charge in [0.05, 0.1) is 6.04 Å². The Balaban J connectivity index is 2.20. The van der Waals surface area contributed by atoms with Crippen molar-refractivity contribution in [1.29, 1.82) is 0 Å². The number of benzene rings is 1. The molecule has 0 aromatic heterocycles. The number of nitrogens with one attached hydrogen (secondary N) is 1. The average Bonchev–Trinajstić information content (AvgIpc) is 2.73. The molecule has 1 heterocycles. The van der Waals surface area contributed by atoms with Crippen LogP contribution in [0.3, 0.4) is 0 Å². The second-order valence-corrected chi connectivity index (χ2v) is 3.66. The van der Waals surface area contributed by atoms with Crippen LogP contribution in [0.2, 0.25) is 0 Å². The first-order valence-electron chi connectivity index (χ1n) is 5.14. The van der Waals surface area contributed by atoms with Gasteiger partial charge in [0.2, 0.25) is 0 Å². The fourth-order valence-electron chi connectivity index (χ4n) is 1.93. The van der Waals surface area contributed by atoms with Crippen LogP contribution >= 0.6 is 0 Å². The summed E-state index contributed by atoms with van der Waals surface area (Å²) in [6.07, 6.45) is 4.77. The van der Waals surface area contributed by atoms with E-state index in [-0.39, 0.29) is 0 Å². The summed E-state index contributed by atoms with van der Waals surface area (Å²) in [5.74, 6) is 0. The monoisotopic (exact) mass is 197 g/mol. The Hall–Kier alpha value is -1.76. The Bertz CT molecular complexity index is 381. The number of rotatable bonds is 3. The van der Waals surface area contributed by atoms with E-state index in [9.17, 15) is 0 Å². The molecule has 0 saturated heterocycles. The van der Waals surface area contributed by atoms with Gasteiger partial charge >= 0.3 is 0 Å². The Labute approximate surface area is 90.8 Å². The quantitative estimate of drug-likeness (QED) is 0.783. The molecule has 0 bridgehead atoms. The van der Waals surface area contributed by atoms with Crippen molar-refractivity contribution in [3.8, 4) is 0 Å². The molecule has 1 aliphatic heterocycles. The van der Waals surface area contributed by atoms with Crippen molar-refractivity contribution in [2.75, 3.05) is 0 Å². The van der Waals surface area contributed by atoms with Gasteiger partial charge in [0.25, 0.3) is 0 Å². The summed E-state index contributed by atoms with van der Waals surface area (Å²) < 4.78 is 0. The van der Waals surface area contributed by atoms with Crippen LogP contribution in [-0.2, 0) is 0 Å². The van der Waals surface area contributed by atoms with Gasteiger partial charge in [-0.25, -0.2) is 0 Å². The molecule has 1 atom stereocenters. The molecule has 15 heavy (non-hydrogen) atoms. The van der Waals surface area contributed by atoms with E-state index in [1.54, 1.807) is 0 Å². The molecule has 76 valence electrons. The molecule has 0 amide bonds. The van der Waals surface area contributed by atoms with Crippen molar-refractivity contribution in [3.05, 3.63) is 72.5 Å². The maximum absolute atomic E-state index is 3.82. The molecular formula is C14H15N. The Kier molecular flexibility index (Phi) is 2.72. The third-order valence-corrected chi connectivity index (χ3v) is 2.75. The van der Waals surface area contributed by atoms with E-state index in [1.165, 1.54) is 11.1 Å². The minimum absolute atomic E-state index is 0.368.